The number of ether oxygens (including phenoxy) is 9. The van der Waals surface area contributed by atoms with Crippen LogP contribution in [-0.4, -0.2) is 91.7 Å². The van der Waals surface area contributed by atoms with Crippen LogP contribution < -0.4 is 62.6 Å². The van der Waals surface area contributed by atoms with Crippen LogP contribution in [0.3, 0.4) is 0 Å². The number of hydrogen-bond donors (Lipinski definition) is 1. The Hall–Kier alpha value is -17.8. The fraction of sp³-hybridized carbons (Fsp3) is 0.294. The number of esters is 3. The first-order valence-corrected chi connectivity index (χ1v) is 49.9. The summed E-state index contributed by atoms with van der Waals surface area (Å²) in [4.78, 5) is 62.1. The standard InChI is InChI=1S/C126H124N12O12/c1-84(2)117-44-43-108(55-86(117)4)149-122(140)100-66-115(148-87(5)139)71-116(67-100)150-123(141)99-64-113(146-82-96-60-109(142-49-45-135-104-35-27-88(28-36-104)20-24-93-57-101(119(79-128)132-13)75-124(6,7)72-93)68-110(61-96)143-50-46-137(17)106-39-31-90(32-40-106)21-25-94-58-102(120(80-129)133-14)76-125(8,9)73-94)70-114(65-99)147-83-97-62-111(144-51-47-136(16)105-37-29-89(30-38-105)19-23-92-53-85(3)54-98(56-92)118(78-127)131-12)69-112(63-97)145-52-48-138(18)107-41-33-91(34-42-107)22-26-95-59-103(121(81-130)134-15)77-126(10,11)74-95/h19-44,55-71,84-85,135H,45-54,72-77,82-83H2,1-11,16-18H3. The molecule has 0 spiro atoms. The summed E-state index contributed by atoms with van der Waals surface area (Å²) >= 11 is 0. The smallest absolute Gasteiger partial charge is 0.343 e. The van der Waals surface area contributed by atoms with Crippen molar-refractivity contribution in [3.63, 3.8) is 0 Å². The lowest BCUT2D eigenvalue weighted by atomic mass is 9.74. The van der Waals surface area contributed by atoms with Gasteiger partial charge in [0.25, 0.3) is 22.8 Å². The summed E-state index contributed by atoms with van der Waals surface area (Å²) in [5.41, 5.74) is 18.1. The average molecular weight is 2000 g/mol. The van der Waals surface area contributed by atoms with Crippen molar-refractivity contribution in [2.75, 3.05) is 93.8 Å². The maximum absolute atomic E-state index is 15.1. The van der Waals surface area contributed by atoms with E-state index in [1.807, 2.05) is 222 Å². The molecule has 24 heteroatoms. The Kier molecular flexibility index (Phi) is 37.4. The Morgan fingerprint density at radius 1 is 0.393 bits per heavy atom. The first-order valence-electron chi connectivity index (χ1n) is 49.9. The SMILES string of the molecule is [C-]#[N+]C(C#N)=C1C=C(C=Cc2ccc(N(C)CCOc3cc(COc4cc(OCc5cc(OCCNc6ccc(C=CC7=CC(=C(C#N)[N+]#[C-])CC(C)(C)C7)cc6)cc(OCCN(C)c6ccc(C=CC7=CC(=C(C#N)[N+]#[C-])CC(C)(C)C7)cc6)c5)cc(C(=O)Oc5cc(OC(C)=O)cc(C(=O)Oc6ccc(C(C)C)c(C)c6)c5)c4)cc(OCCN(C)c4ccc(C=CC5=CC(=C(C#N)[N+]#[C-])CC(C)(C)C5)cc4)c3)cc2)CC(C)C1. The Morgan fingerprint density at radius 2 is 0.720 bits per heavy atom. The number of aryl methyl sites for hydroxylation is 1. The number of likely N-dealkylation sites (N-methyl/N-ethyl adjacent to an activating group) is 3. The zero-order valence-corrected chi connectivity index (χ0v) is 87.5. The number of anilines is 4. The van der Waals surface area contributed by atoms with Crippen molar-refractivity contribution in [1.82, 2.24) is 0 Å². The predicted octanol–water partition coefficient (Wildman–Crippen LogP) is 28.1. The van der Waals surface area contributed by atoms with Crippen molar-refractivity contribution in [3.8, 4) is 76.0 Å². The highest BCUT2D eigenvalue weighted by atomic mass is 16.6. The van der Waals surface area contributed by atoms with E-state index in [0.717, 1.165) is 126 Å². The molecule has 0 aromatic heterocycles. The zero-order chi connectivity index (χ0) is 107. The Balaban J connectivity index is 0.777. The van der Waals surface area contributed by atoms with Crippen molar-refractivity contribution < 1.29 is 57.0 Å². The Labute approximate surface area is 881 Å². The van der Waals surface area contributed by atoms with E-state index in [-0.39, 0.29) is 124 Å². The lowest BCUT2D eigenvalue weighted by molar-refractivity contribution is -0.131. The molecule has 9 aromatic carbocycles. The quantitative estimate of drug-likeness (QED) is 0.0123. The molecule has 0 fully saturated rings. The molecule has 1 unspecified atom stereocenters. The van der Waals surface area contributed by atoms with Gasteiger partial charge >= 0.3 is 17.9 Å². The van der Waals surface area contributed by atoms with Crippen LogP contribution in [-0.2, 0) is 18.0 Å². The second kappa shape index (κ2) is 51.3. The fourth-order valence-electron chi connectivity index (χ4n) is 18.6. The summed E-state index contributed by atoms with van der Waals surface area (Å²) < 4.78 is 57.6. The number of carbonyl (C=O) groups is 3. The van der Waals surface area contributed by atoms with E-state index in [4.69, 9.17) is 68.9 Å². The molecule has 0 radical (unpaired) electrons. The molecule has 4 aliphatic rings. The third-order valence-electron chi connectivity index (χ3n) is 25.9. The Bertz CT molecular complexity index is 7260. The largest absolute Gasteiger partial charge is 0.492 e. The first kappa shape index (κ1) is 109. The van der Waals surface area contributed by atoms with Crippen LogP contribution in [0.15, 0.2) is 304 Å². The number of hydrogen-bond acceptors (Lipinski definition) is 20. The molecule has 0 bridgehead atoms. The summed E-state index contributed by atoms with van der Waals surface area (Å²) in [6, 6.07) is 65.9. The van der Waals surface area contributed by atoms with E-state index in [2.05, 4.69) is 144 Å². The van der Waals surface area contributed by atoms with Crippen LogP contribution in [0, 0.1) is 101 Å². The van der Waals surface area contributed by atoms with Gasteiger partial charge < -0.3 is 62.6 Å². The van der Waals surface area contributed by atoms with Gasteiger partial charge in [0.2, 0.25) is 0 Å². The lowest BCUT2D eigenvalue weighted by Gasteiger charge is -2.30. The topological polar surface area (TPSA) is 269 Å². The average Bonchev–Trinajstić information content (AvgIpc) is 0.822. The maximum atomic E-state index is 15.1. The van der Waals surface area contributed by atoms with Crippen molar-refractivity contribution >= 4 is 65.0 Å². The van der Waals surface area contributed by atoms with E-state index in [1.54, 1.807) is 18.2 Å². The normalized spacial score (nSPS) is 16.3. The van der Waals surface area contributed by atoms with Gasteiger partial charge in [-0.25, -0.2) is 50.0 Å². The molecule has 4 aliphatic carbocycles. The molecule has 760 valence electrons. The molecule has 0 aliphatic heterocycles. The number of nitrogens with one attached hydrogen (secondary N) is 1. The van der Waals surface area contributed by atoms with Crippen molar-refractivity contribution in [2.45, 2.75) is 147 Å². The van der Waals surface area contributed by atoms with Gasteiger partial charge in [0.05, 0.1) is 81.3 Å². The van der Waals surface area contributed by atoms with Gasteiger partial charge in [0, 0.05) is 81.6 Å². The summed E-state index contributed by atoms with van der Waals surface area (Å²) in [6.45, 7) is 55.3. The Morgan fingerprint density at radius 3 is 1.08 bits per heavy atom. The summed E-state index contributed by atoms with van der Waals surface area (Å²) in [6.07, 6.45) is 30.1. The highest BCUT2D eigenvalue weighted by Gasteiger charge is 2.31. The number of benzene rings is 9. The van der Waals surface area contributed by atoms with Crippen LogP contribution in [0.25, 0.3) is 43.7 Å². The molecule has 150 heavy (non-hydrogen) atoms. The van der Waals surface area contributed by atoms with Crippen LogP contribution in [0.4, 0.5) is 22.7 Å². The van der Waals surface area contributed by atoms with Crippen LogP contribution in [0.2, 0.25) is 0 Å². The van der Waals surface area contributed by atoms with Gasteiger partial charge in [-0.15, -0.1) is 0 Å². The van der Waals surface area contributed by atoms with Gasteiger partial charge in [-0.05, 0) is 285 Å². The minimum absolute atomic E-state index is 0.0367. The molecule has 0 heterocycles. The first-order chi connectivity index (χ1) is 72.0. The van der Waals surface area contributed by atoms with Crippen LogP contribution in [0.5, 0.6) is 51.7 Å². The highest BCUT2D eigenvalue weighted by molar-refractivity contribution is 5.95. The van der Waals surface area contributed by atoms with E-state index in [0.29, 0.717) is 91.9 Å². The predicted molar refractivity (Wildman–Crippen MR) is 590 cm³/mol. The third kappa shape index (κ3) is 32.1. The number of nitriles is 4. The number of carbonyl (C=O) groups excluding carboxylic acids is 3. The zero-order valence-electron chi connectivity index (χ0n) is 87.5. The van der Waals surface area contributed by atoms with Crippen molar-refractivity contribution in [3.05, 3.63) is 405 Å². The molecule has 13 rings (SSSR count). The molecule has 24 nitrogen and oxygen atoms in total. The molecule has 0 amide bonds. The van der Waals surface area contributed by atoms with E-state index >= 15 is 4.79 Å². The van der Waals surface area contributed by atoms with Gasteiger partial charge in [0.15, 0.2) is 0 Å². The second-order valence-electron chi connectivity index (χ2n) is 40.8. The summed E-state index contributed by atoms with van der Waals surface area (Å²) in [7, 11) is 5.97. The fourth-order valence-corrected chi connectivity index (χ4v) is 18.6. The van der Waals surface area contributed by atoms with Gasteiger partial charge in [0.1, 0.15) is 91.4 Å². The minimum atomic E-state index is -0.905. The number of rotatable bonds is 40. The third-order valence-corrected chi connectivity index (χ3v) is 25.9. The molecular weight excluding hydrogens is 1870 g/mol. The molecule has 0 saturated heterocycles. The summed E-state index contributed by atoms with van der Waals surface area (Å²) in [5.74, 6) is 0.437. The number of nitrogens with zero attached hydrogens (tertiary/aromatic N) is 11. The van der Waals surface area contributed by atoms with Crippen molar-refractivity contribution in [2.24, 2.45) is 22.2 Å². The number of allylic oxidation sites excluding steroid dienone is 20. The van der Waals surface area contributed by atoms with Crippen molar-refractivity contribution in [1.29, 1.82) is 21.0 Å². The lowest BCUT2D eigenvalue weighted by Crippen LogP contribution is -2.24. The van der Waals surface area contributed by atoms with Crippen LogP contribution in [0.1, 0.15) is 192 Å². The molecule has 1 atom stereocenters. The molecular formula is C126H124N12O12. The second-order valence-corrected chi connectivity index (χ2v) is 40.8. The van der Waals surface area contributed by atoms with E-state index in [1.165, 1.54) is 37.3 Å². The highest BCUT2D eigenvalue weighted by Crippen LogP contribution is 2.45. The van der Waals surface area contributed by atoms with Gasteiger partial charge in [-0.3, -0.25) is 4.79 Å². The molecule has 9 aromatic rings. The van der Waals surface area contributed by atoms with E-state index < -0.39 is 17.9 Å². The van der Waals surface area contributed by atoms with Gasteiger partial charge in [-0.2, -0.15) is 0 Å². The molecule has 1 N–H and O–H groups in total. The monoisotopic (exact) mass is 2000 g/mol. The maximum Gasteiger partial charge on any atom is 0.343 e. The minimum Gasteiger partial charge on any atom is -0.492 e. The summed E-state index contributed by atoms with van der Waals surface area (Å²) in [5, 5.41) is 42.2. The molecule has 0 saturated carbocycles. The van der Waals surface area contributed by atoms with Gasteiger partial charge in [-0.1, -0.05) is 190 Å². The van der Waals surface area contributed by atoms with Crippen LogP contribution >= 0.6 is 0 Å². The van der Waals surface area contributed by atoms with E-state index in [9.17, 15) is 30.6 Å².